The predicted molar refractivity (Wildman–Crippen MR) is 47.7 cm³/mol. The number of carboxylic acid groups (broad SMARTS) is 4. The Kier molecular flexibility index (Phi) is 14.6. The van der Waals surface area contributed by atoms with Gasteiger partial charge in [0.25, 0.3) is 0 Å². The Hall–Kier alpha value is -1.42. The van der Waals surface area contributed by atoms with E-state index in [1.54, 1.807) is 0 Å². The largest absolute Gasteiger partial charge is 1.00 e. The normalized spacial score (nSPS) is 10.5. The molecule has 9 nitrogen and oxygen atoms in total. The summed E-state index contributed by atoms with van der Waals surface area (Å²) in [6.45, 7) is 0. The van der Waals surface area contributed by atoms with Crippen LogP contribution in [0.1, 0.15) is 6.42 Å². The van der Waals surface area contributed by atoms with Gasteiger partial charge in [0.2, 0.25) is 0 Å². The van der Waals surface area contributed by atoms with Gasteiger partial charge in [0.1, 0.15) is 0 Å². The molecular weight excluding hydrogens is 263 g/mol. The summed E-state index contributed by atoms with van der Waals surface area (Å²) in [5, 5.41) is 41.4. The van der Waals surface area contributed by atoms with Crippen LogP contribution in [0.3, 0.4) is 0 Å². The van der Waals surface area contributed by atoms with Crippen molar-refractivity contribution < 1.29 is 74.3 Å². The van der Waals surface area contributed by atoms with Gasteiger partial charge in [0.05, 0.1) is 12.4 Å². The van der Waals surface area contributed by atoms with E-state index in [-0.39, 0.29) is 29.6 Å². The average Bonchev–Trinajstić information content (AvgIpc) is 2.14. The Morgan fingerprint density at radius 1 is 1.06 bits per heavy atom. The maximum Gasteiger partial charge on any atom is 1.00 e. The summed E-state index contributed by atoms with van der Waals surface area (Å²) in [7, 11) is 0. The molecule has 0 fully saturated rings. The number of aliphatic carboxylic acids is 4. The molecule has 1 unspecified atom stereocenters. The first-order valence-electron chi connectivity index (χ1n) is 3.91. The first kappa shape index (κ1) is 21.8. The average molecular weight is 272 g/mol. The fourth-order valence-electron chi connectivity index (χ4n) is 0.392. The molecule has 0 radical (unpaired) electrons. The minimum atomic E-state index is -1.79. The molecule has 0 aliphatic rings. The van der Waals surface area contributed by atoms with Gasteiger partial charge in [-0.15, -0.1) is 0 Å². The van der Waals surface area contributed by atoms with Crippen molar-refractivity contribution in [2.75, 3.05) is 0 Å². The van der Waals surface area contributed by atoms with Crippen molar-refractivity contribution in [3.63, 3.8) is 0 Å². The van der Waals surface area contributed by atoms with Crippen LogP contribution in [0.2, 0.25) is 0 Å². The van der Waals surface area contributed by atoms with Crippen LogP contribution in [0.25, 0.3) is 0 Å². The zero-order valence-corrected chi connectivity index (χ0v) is 11.3. The maximum atomic E-state index is 9.72. The van der Waals surface area contributed by atoms with Crippen LogP contribution in [0.4, 0.5) is 0 Å². The van der Waals surface area contributed by atoms with Gasteiger partial charge in [-0.25, -0.2) is 9.59 Å². The third-order valence-electron chi connectivity index (χ3n) is 1.02. The van der Waals surface area contributed by atoms with E-state index in [9.17, 15) is 24.3 Å². The summed E-state index contributed by atoms with van der Waals surface area (Å²) >= 11 is 0. The van der Waals surface area contributed by atoms with Crippen LogP contribution < -0.4 is 34.7 Å². The molecule has 0 rings (SSSR count). The molecule has 0 bridgehead atoms. The molecule has 0 heterocycles. The molecule has 0 spiro atoms. The number of rotatable bonds is 5. The van der Waals surface area contributed by atoms with Crippen molar-refractivity contribution in [3.8, 4) is 0 Å². The zero-order valence-electron chi connectivity index (χ0n) is 9.27. The van der Waals surface area contributed by atoms with Crippen molar-refractivity contribution in [2.24, 2.45) is 0 Å². The molecule has 1 atom stereocenters. The Labute approximate surface area is 123 Å². The van der Waals surface area contributed by atoms with E-state index in [1.165, 1.54) is 0 Å². The minimum Gasteiger partial charge on any atom is -0.545 e. The minimum absolute atomic E-state index is 0. The molecule has 0 amide bonds. The van der Waals surface area contributed by atoms with E-state index in [1.807, 2.05) is 0 Å². The van der Waals surface area contributed by atoms with Crippen LogP contribution in [0, 0.1) is 0 Å². The molecule has 10 heteroatoms. The van der Waals surface area contributed by atoms with E-state index < -0.39 is 36.4 Å². The quantitative estimate of drug-likeness (QED) is 0.281. The molecule has 0 saturated heterocycles. The first-order chi connectivity index (χ1) is 7.66. The van der Waals surface area contributed by atoms with Gasteiger partial charge in [0, 0.05) is 6.08 Å². The molecular formula is C8H9NaO9. The van der Waals surface area contributed by atoms with Gasteiger partial charge in [0.15, 0.2) is 6.10 Å². The zero-order chi connectivity index (χ0) is 14.0. The first-order valence-corrected chi connectivity index (χ1v) is 3.91. The van der Waals surface area contributed by atoms with Gasteiger partial charge in [-0.05, 0) is 6.08 Å². The third-order valence-corrected chi connectivity index (χ3v) is 1.02. The number of hydrogen-bond acceptors (Lipinski definition) is 6. The Morgan fingerprint density at radius 2 is 1.50 bits per heavy atom. The summed E-state index contributed by atoms with van der Waals surface area (Å²) in [6, 6.07) is 0. The standard InChI is InChI=1S/C4H6O5.C4H4O4.Na/c5-2(4(8)9)1-3(6)7;5-3(6)1-2-4(7)8;/h2,5H,1H2,(H,6,7)(H,8,9);1-2H,(H,5,6)(H,7,8);/q;;+1/p-1/b;2-1+;. The molecule has 0 aliphatic carbocycles. The number of carbonyl (C=O) groups is 4. The molecule has 4 N–H and O–H groups in total. The Balaban J connectivity index is -0.000000238. The number of hydrogen-bond donors (Lipinski definition) is 4. The second-order valence-electron chi connectivity index (χ2n) is 2.44. The van der Waals surface area contributed by atoms with Gasteiger partial charge in [-0.2, -0.15) is 0 Å². The van der Waals surface area contributed by atoms with E-state index >= 15 is 0 Å². The van der Waals surface area contributed by atoms with Crippen molar-refractivity contribution in [2.45, 2.75) is 12.5 Å². The number of carbonyl (C=O) groups excluding carboxylic acids is 1. The second kappa shape index (κ2) is 12.0. The van der Waals surface area contributed by atoms with Gasteiger partial charge >= 0.3 is 47.5 Å². The molecule has 0 aliphatic heterocycles. The van der Waals surface area contributed by atoms with Crippen molar-refractivity contribution in [3.05, 3.63) is 12.2 Å². The molecule has 96 valence electrons. The van der Waals surface area contributed by atoms with Crippen molar-refractivity contribution in [1.82, 2.24) is 0 Å². The smallest absolute Gasteiger partial charge is 0.545 e. The topological polar surface area (TPSA) is 172 Å². The molecule has 0 aromatic heterocycles. The van der Waals surface area contributed by atoms with Crippen molar-refractivity contribution in [1.29, 1.82) is 0 Å². The van der Waals surface area contributed by atoms with E-state index in [4.69, 9.17) is 20.4 Å². The summed E-state index contributed by atoms with van der Waals surface area (Å²) < 4.78 is 0. The van der Waals surface area contributed by atoms with Gasteiger partial charge in [-0.1, -0.05) is 0 Å². The summed E-state index contributed by atoms with van der Waals surface area (Å²) in [5.41, 5.74) is 0. The fraction of sp³-hybridized carbons (Fsp3) is 0.250. The third kappa shape index (κ3) is 20.1. The van der Waals surface area contributed by atoms with E-state index in [2.05, 4.69) is 0 Å². The maximum absolute atomic E-state index is 9.72. The summed E-state index contributed by atoms with van der Waals surface area (Å²) in [6.07, 6.45) is -1.60. The predicted octanol–water partition coefficient (Wildman–Crippen LogP) is -5.71. The number of aliphatic hydroxyl groups is 1. The monoisotopic (exact) mass is 272 g/mol. The molecule has 0 aromatic carbocycles. The molecule has 0 saturated carbocycles. The number of aliphatic hydroxyl groups excluding tert-OH is 1. The van der Waals surface area contributed by atoms with E-state index in [0.29, 0.717) is 12.2 Å². The molecule has 18 heavy (non-hydrogen) atoms. The van der Waals surface area contributed by atoms with E-state index in [0.717, 1.165) is 0 Å². The SMILES string of the molecule is O=C(O)CC(O)C(=O)O.O=C([O-])/C=C/C(=O)O.[Na+]. The van der Waals surface area contributed by atoms with Crippen LogP contribution >= 0.6 is 0 Å². The molecule has 0 aromatic rings. The van der Waals surface area contributed by atoms with Crippen molar-refractivity contribution >= 4 is 23.9 Å². The van der Waals surface area contributed by atoms with Gasteiger partial charge < -0.3 is 30.3 Å². The van der Waals surface area contributed by atoms with Crippen LogP contribution in [0.5, 0.6) is 0 Å². The van der Waals surface area contributed by atoms with Crippen LogP contribution in [-0.2, 0) is 19.2 Å². The van der Waals surface area contributed by atoms with Crippen LogP contribution in [-0.4, -0.2) is 50.4 Å². The summed E-state index contributed by atoms with van der Waals surface area (Å²) in [5.74, 6) is -5.65. The van der Waals surface area contributed by atoms with Gasteiger partial charge in [-0.3, -0.25) is 4.79 Å². The fourth-order valence-corrected chi connectivity index (χ4v) is 0.392. The summed E-state index contributed by atoms with van der Waals surface area (Å²) in [4.78, 5) is 38.4. The Morgan fingerprint density at radius 3 is 1.61 bits per heavy atom. The Bertz CT molecular complexity index is 319. The van der Waals surface area contributed by atoms with Crippen LogP contribution in [0.15, 0.2) is 12.2 Å². The second-order valence-corrected chi connectivity index (χ2v) is 2.44. The number of carboxylic acids is 4.